The van der Waals surface area contributed by atoms with Gasteiger partial charge in [0, 0.05) is 24.7 Å². The highest BCUT2D eigenvalue weighted by Crippen LogP contribution is 2.30. The van der Waals surface area contributed by atoms with Crippen LogP contribution in [0.4, 0.5) is 13.2 Å². The SMILES string of the molecule is O=C(O)c1ccc(CCNC(=O)c2csc3ccn(Cc4ccc(C(F)(F)F)cc4)c23)cc1. The van der Waals surface area contributed by atoms with Crippen LogP contribution in [0.2, 0.25) is 0 Å². The molecule has 1 amide bonds. The largest absolute Gasteiger partial charge is 0.478 e. The minimum atomic E-state index is -4.38. The third kappa shape index (κ3) is 5.09. The average Bonchev–Trinajstić information content (AvgIpc) is 3.37. The van der Waals surface area contributed by atoms with Crippen LogP contribution in [-0.2, 0) is 19.1 Å². The number of amides is 1. The monoisotopic (exact) mass is 472 g/mol. The molecule has 0 aliphatic heterocycles. The van der Waals surface area contributed by atoms with Crippen LogP contribution in [0.15, 0.2) is 66.2 Å². The molecule has 0 fully saturated rings. The Hall–Kier alpha value is -3.59. The molecule has 4 aromatic rings. The number of carboxylic acid groups (broad SMARTS) is 1. The molecule has 0 aliphatic rings. The molecule has 0 unspecified atom stereocenters. The van der Waals surface area contributed by atoms with E-state index in [4.69, 9.17) is 5.11 Å². The van der Waals surface area contributed by atoms with E-state index in [0.29, 0.717) is 30.6 Å². The highest BCUT2D eigenvalue weighted by Gasteiger charge is 2.30. The van der Waals surface area contributed by atoms with E-state index in [1.54, 1.807) is 17.5 Å². The van der Waals surface area contributed by atoms with Gasteiger partial charge in [-0.3, -0.25) is 4.79 Å². The van der Waals surface area contributed by atoms with Crippen molar-refractivity contribution in [2.75, 3.05) is 6.54 Å². The summed E-state index contributed by atoms with van der Waals surface area (Å²) in [5, 5.41) is 13.6. The fourth-order valence-corrected chi connectivity index (χ4v) is 4.47. The zero-order valence-electron chi connectivity index (χ0n) is 17.2. The lowest BCUT2D eigenvalue weighted by Crippen LogP contribution is -2.25. The third-order valence-corrected chi connectivity index (χ3v) is 6.20. The van der Waals surface area contributed by atoms with Gasteiger partial charge >= 0.3 is 12.1 Å². The van der Waals surface area contributed by atoms with Gasteiger partial charge in [-0.2, -0.15) is 13.2 Å². The Morgan fingerprint density at radius 2 is 1.64 bits per heavy atom. The van der Waals surface area contributed by atoms with Gasteiger partial charge in [0.2, 0.25) is 0 Å². The molecule has 4 rings (SSSR count). The maximum absolute atomic E-state index is 12.8. The highest BCUT2D eigenvalue weighted by molar-refractivity contribution is 7.17. The van der Waals surface area contributed by atoms with E-state index in [-0.39, 0.29) is 11.5 Å². The van der Waals surface area contributed by atoms with Gasteiger partial charge in [-0.15, -0.1) is 11.3 Å². The van der Waals surface area contributed by atoms with Crippen LogP contribution in [0.1, 0.15) is 37.4 Å². The molecule has 0 saturated carbocycles. The van der Waals surface area contributed by atoms with E-state index in [1.165, 1.54) is 35.6 Å². The number of hydrogen-bond donors (Lipinski definition) is 2. The first-order chi connectivity index (χ1) is 15.7. The van der Waals surface area contributed by atoms with Crippen LogP contribution in [-0.4, -0.2) is 28.1 Å². The molecule has 0 bridgehead atoms. The summed E-state index contributed by atoms with van der Waals surface area (Å²) in [5.74, 6) is -1.23. The molecule has 2 aromatic carbocycles. The van der Waals surface area contributed by atoms with E-state index < -0.39 is 17.7 Å². The number of rotatable bonds is 7. The number of halogens is 3. The zero-order valence-corrected chi connectivity index (χ0v) is 18.0. The Kier molecular flexibility index (Phi) is 6.24. The molecule has 0 aliphatic carbocycles. The first kappa shape index (κ1) is 22.6. The average molecular weight is 472 g/mol. The molecule has 5 nitrogen and oxygen atoms in total. The molecule has 0 saturated heterocycles. The predicted octanol–water partition coefficient (Wildman–Crippen LogP) is 5.44. The second-order valence-corrected chi connectivity index (χ2v) is 8.42. The highest BCUT2D eigenvalue weighted by atomic mass is 32.1. The van der Waals surface area contributed by atoms with Crippen molar-refractivity contribution >= 4 is 33.4 Å². The standard InChI is InChI=1S/C24H19F3N2O3S/c25-24(26,27)18-7-3-16(4-8-18)13-29-12-10-20-21(29)19(14-33-20)22(30)28-11-9-15-1-5-17(6-2-15)23(31)32/h1-8,10,12,14H,9,11,13H2,(H,28,30)(H,31,32). The molecule has 2 heterocycles. The van der Waals surface area contributed by atoms with E-state index in [0.717, 1.165) is 27.9 Å². The summed E-state index contributed by atoms with van der Waals surface area (Å²) >= 11 is 1.43. The van der Waals surface area contributed by atoms with E-state index in [2.05, 4.69) is 5.32 Å². The molecule has 0 spiro atoms. The van der Waals surface area contributed by atoms with Gasteiger partial charge in [0.25, 0.3) is 5.91 Å². The minimum absolute atomic E-state index is 0.206. The molecular formula is C24H19F3N2O3S. The number of fused-ring (bicyclic) bond motifs is 1. The number of nitrogens with zero attached hydrogens (tertiary/aromatic N) is 1. The molecule has 170 valence electrons. The second-order valence-electron chi connectivity index (χ2n) is 7.51. The molecule has 33 heavy (non-hydrogen) atoms. The topological polar surface area (TPSA) is 71.3 Å². The van der Waals surface area contributed by atoms with Crippen molar-refractivity contribution in [1.82, 2.24) is 9.88 Å². The Morgan fingerprint density at radius 3 is 2.27 bits per heavy atom. The fourth-order valence-electron chi connectivity index (χ4n) is 3.53. The van der Waals surface area contributed by atoms with Crippen molar-refractivity contribution in [1.29, 1.82) is 0 Å². The van der Waals surface area contributed by atoms with Crippen LogP contribution in [0, 0.1) is 0 Å². The number of carbonyl (C=O) groups excluding carboxylic acids is 1. The first-order valence-corrected chi connectivity index (χ1v) is 10.9. The lowest BCUT2D eigenvalue weighted by molar-refractivity contribution is -0.137. The Bertz CT molecular complexity index is 1290. The predicted molar refractivity (Wildman–Crippen MR) is 120 cm³/mol. The van der Waals surface area contributed by atoms with E-state index >= 15 is 0 Å². The number of carboxylic acids is 1. The summed E-state index contributed by atoms with van der Waals surface area (Å²) in [6.45, 7) is 0.719. The molecule has 2 N–H and O–H groups in total. The number of nitrogens with one attached hydrogen (secondary N) is 1. The third-order valence-electron chi connectivity index (χ3n) is 5.26. The molecule has 0 atom stereocenters. The number of benzene rings is 2. The van der Waals surface area contributed by atoms with Crippen molar-refractivity contribution in [3.63, 3.8) is 0 Å². The van der Waals surface area contributed by atoms with Crippen molar-refractivity contribution in [2.45, 2.75) is 19.1 Å². The Balaban J connectivity index is 1.43. The normalized spacial score (nSPS) is 11.6. The van der Waals surface area contributed by atoms with Crippen molar-refractivity contribution in [3.8, 4) is 0 Å². The van der Waals surface area contributed by atoms with Gasteiger partial charge in [-0.05, 0) is 47.9 Å². The van der Waals surface area contributed by atoms with Crippen molar-refractivity contribution in [3.05, 3.63) is 94.0 Å². The maximum atomic E-state index is 12.8. The lowest BCUT2D eigenvalue weighted by Gasteiger charge is -2.10. The van der Waals surface area contributed by atoms with Gasteiger partial charge in [0.15, 0.2) is 0 Å². The molecule has 9 heteroatoms. The smallest absolute Gasteiger partial charge is 0.416 e. The summed E-state index contributed by atoms with van der Waals surface area (Å²) in [6, 6.07) is 13.4. The van der Waals surface area contributed by atoms with Gasteiger partial charge in [-0.25, -0.2) is 4.79 Å². The quantitative estimate of drug-likeness (QED) is 0.376. The van der Waals surface area contributed by atoms with Crippen LogP contribution in [0.25, 0.3) is 10.2 Å². The Labute approximate surface area is 191 Å². The summed E-state index contributed by atoms with van der Waals surface area (Å²) in [4.78, 5) is 23.7. The molecule has 0 radical (unpaired) electrons. The van der Waals surface area contributed by atoms with Crippen LogP contribution in [0.3, 0.4) is 0 Å². The summed E-state index contributed by atoms with van der Waals surface area (Å²) in [5.41, 5.74) is 2.36. The summed E-state index contributed by atoms with van der Waals surface area (Å²) < 4.78 is 41.1. The van der Waals surface area contributed by atoms with Crippen molar-refractivity contribution < 1.29 is 27.9 Å². The van der Waals surface area contributed by atoms with Crippen molar-refractivity contribution in [2.24, 2.45) is 0 Å². The second kappa shape index (κ2) is 9.11. The summed E-state index contributed by atoms with van der Waals surface area (Å²) in [6.07, 6.45) is -2.01. The number of thiophene rings is 1. The van der Waals surface area contributed by atoms with Gasteiger partial charge in [0.1, 0.15) is 0 Å². The van der Waals surface area contributed by atoms with E-state index in [1.807, 2.05) is 16.8 Å². The molecule has 2 aromatic heterocycles. The van der Waals surface area contributed by atoms with Gasteiger partial charge in [-0.1, -0.05) is 24.3 Å². The number of hydrogen-bond acceptors (Lipinski definition) is 3. The number of aromatic carboxylic acids is 1. The van der Waals surface area contributed by atoms with Crippen LogP contribution in [0.5, 0.6) is 0 Å². The zero-order chi connectivity index (χ0) is 23.6. The maximum Gasteiger partial charge on any atom is 0.416 e. The van der Waals surface area contributed by atoms with Gasteiger partial charge in [0.05, 0.1) is 26.9 Å². The van der Waals surface area contributed by atoms with Crippen LogP contribution >= 0.6 is 11.3 Å². The van der Waals surface area contributed by atoms with Crippen LogP contribution < -0.4 is 5.32 Å². The number of aromatic nitrogens is 1. The molecular weight excluding hydrogens is 453 g/mol. The summed E-state index contributed by atoms with van der Waals surface area (Å²) in [7, 11) is 0. The number of carbonyl (C=O) groups is 2. The minimum Gasteiger partial charge on any atom is -0.478 e. The lowest BCUT2D eigenvalue weighted by atomic mass is 10.1. The van der Waals surface area contributed by atoms with E-state index in [9.17, 15) is 22.8 Å². The fraction of sp³-hybridized carbons (Fsp3) is 0.167. The van der Waals surface area contributed by atoms with Gasteiger partial charge < -0.3 is 15.0 Å². The first-order valence-electron chi connectivity index (χ1n) is 10.1. The Morgan fingerprint density at radius 1 is 0.970 bits per heavy atom. The number of alkyl halides is 3.